The van der Waals surface area contributed by atoms with Crippen molar-refractivity contribution in [3.63, 3.8) is 0 Å². The fourth-order valence-corrected chi connectivity index (χ4v) is 5.64. The lowest BCUT2D eigenvalue weighted by atomic mass is 9.67. The van der Waals surface area contributed by atoms with Crippen LogP contribution in [0.3, 0.4) is 0 Å². The molecule has 2 fully saturated rings. The van der Waals surface area contributed by atoms with Gasteiger partial charge < -0.3 is 5.32 Å². The quantitative estimate of drug-likeness (QED) is 0.806. The number of ketones is 1. The van der Waals surface area contributed by atoms with Gasteiger partial charge in [-0.1, -0.05) is 24.1 Å². The van der Waals surface area contributed by atoms with Crippen molar-refractivity contribution < 1.29 is 9.59 Å². The fraction of sp³-hybridized carbons (Fsp3) is 0.500. The summed E-state index contributed by atoms with van der Waals surface area (Å²) in [5.74, 6) is 0.550. The molecule has 0 spiro atoms. The molecule has 2 aromatic rings. The topological polar surface area (TPSA) is 59.1 Å². The summed E-state index contributed by atoms with van der Waals surface area (Å²) in [6.07, 6.45) is 4.44. The lowest BCUT2D eigenvalue weighted by molar-refractivity contribution is -0.136. The van der Waals surface area contributed by atoms with Gasteiger partial charge in [-0.3, -0.25) is 9.59 Å². The number of aryl methyl sites for hydroxylation is 3. The van der Waals surface area contributed by atoms with E-state index in [1.807, 2.05) is 5.38 Å². The Kier molecular flexibility index (Phi) is 4.89. The standard InChI is InChI=1S/C22H26N2O2S/c1-12-7-13(2)19(14(3)8-12)18-11-27-22(23-18)24-21(26)17-9-15-5-4-6-16(10-17)20(15)25/h7-8,11,15-17H,4-6,9-10H2,1-3H3,(H,23,24,26)/t15-,16-/m0/s1. The average Bonchev–Trinajstić information content (AvgIpc) is 3.01. The number of amides is 1. The van der Waals surface area contributed by atoms with Crippen LogP contribution in [0.2, 0.25) is 0 Å². The molecule has 1 amide bonds. The molecule has 4 rings (SSSR count). The van der Waals surface area contributed by atoms with Gasteiger partial charge >= 0.3 is 0 Å². The van der Waals surface area contributed by atoms with Crippen LogP contribution in [0.15, 0.2) is 17.5 Å². The highest BCUT2D eigenvalue weighted by Gasteiger charge is 2.41. The second-order valence-electron chi connectivity index (χ2n) is 8.20. The molecule has 2 saturated carbocycles. The summed E-state index contributed by atoms with van der Waals surface area (Å²) in [6.45, 7) is 6.30. The van der Waals surface area contributed by atoms with Gasteiger partial charge in [-0.15, -0.1) is 11.3 Å². The van der Waals surface area contributed by atoms with Gasteiger partial charge in [0.15, 0.2) is 5.13 Å². The number of fused-ring (bicyclic) bond motifs is 2. The average molecular weight is 383 g/mol. The predicted molar refractivity (Wildman–Crippen MR) is 109 cm³/mol. The molecule has 1 N–H and O–H groups in total. The monoisotopic (exact) mass is 382 g/mol. The van der Waals surface area contributed by atoms with E-state index < -0.39 is 0 Å². The van der Waals surface area contributed by atoms with Crippen molar-refractivity contribution in [2.45, 2.75) is 52.9 Å². The number of nitrogens with zero attached hydrogens (tertiary/aromatic N) is 1. The maximum Gasteiger partial charge on any atom is 0.229 e. The zero-order chi connectivity index (χ0) is 19.1. The van der Waals surface area contributed by atoms with Gasteiger partial charge in [0.2, 0.25) is 5.91 Å². The van der Waals surface area contributed by atoms with Crippen molar-refractivity contribution in [1.82, 2.24) is 4.98 Å². The summed E-state index contributed by atoms with van der Waals surface area (Å²) < 4.78 is 0. The molecule has 2 atom stereocenters. The number of anilines is 1. The molecule has 1 heterocycles. The molecule has 1 aromatic carbocycles. The summed E-state index contributed by atoms with van der Waals surface area (Å²) >= 11 is 1.47. The molecule has 0 unspecified atom stereocenters. The van der Waals surface area contributed by atoms with Gasteiger partial charge in [0.05, 0.1) is 5.69 Å². The van der Waals surface area contributed by atoms with E-state index in [2.05, 4.69) is 43.2 Å². The molecular formula is C22H26N2O2S. The lowest BCUT2D eigenvalue weighted by Crippen LogP contribution is -2.40. The van der Waals surface area contributed by atoms with Crippen molar-refractivity contribution in [3.05, 3.63) is 34.2 Å². The van der Waals surface area contributed by atoms with E-state index in [4.69, 9.17) is 0 Å². The van der Waals surface area contributed by atoms with Gasteiger partial charge in [0.25, 0.3) is 0 Å². The Morgan fingerprint density at radius 2 is 1.74 bits per heavy atom. The number of hydrogen-bond acceptors (Lipinski definition) is 4. The minimum atomic E-state index is -0.0619. The largest absolute Gasteiger partial charge is 0.302 e. The highest BCUT2D eigenvalue weighted by Crippen LogP contribution is 2.40. The highest BCUT2D eigenvalue weighted by atomic mass is 32.1. The van der Waals surface area contributed by atoms with Crippen molar-refractivity contribution in [3.8, 4) is 11.3 Å². The summed E-state index contributed by atoms with van der Waals surface area (Å²) in [6, 6.07) is 4.33. The zero-order valence-electron chi connectivity index (χ0n) is 16.2. The van der Waals surface area contributed by atoms with Crippen molar-refractivity contribution in [2.75, 3.05) is 5.32 Å². The predicted octanol–water partition coefficient (Wildman–Crippen LogP) is 5.07. The highest BCUT2D eigenvalue weighted by molar-refractivity contribution is 7.14. The lowest BCUT2D eigenvalue weighted by Gasteiger charge is -2.36. The number of thiazole rings is 1. The number of nitrogens with one attached hydrogen (secondary N) is 1. The summed E-state index contributed by atoms with van der Waals surface area (Å²) in [5.41, 5.74) is 5.72. The minimum absolute atomic E-state index is 0.0256. The van der Waals surface area contributed by atoms with Crippen LogP contribution in [0.1, 0.15) is 48.8 Å². The first-order chi connectivity index (χ1) is 12.9. The second kappa shape index (κ2) is 7.19. The first kappa shape index (κ1) is 18.4. The van der Waals surface area contributed by atoms with Crippen molar-refractivity contribution >= 4 is 28.2 Å². The Balaban J connectivity index is 1.49. The maximum atomic E-state index is 12.8. The summed E-state index contributed by atoms with van der Waals surface area (Å²) in [5, 5.41) is 5.68. The van der Waals surface area contributed by atoms with Crippen LogP contribution in [0, 0.1) is 38.5 Å². The summed E-state index contributed by atoms with van der Waals surface area (Å²) in [7, 11) is 0. The van der Waals surface area contributed by atoms with Crippen molar-refractivity contribution in [2.24, 2.45) is 17.8 Å². The Hall–Kier alpha value is -2.01. The zero-order valence-corrected chi connectivity index (χ0v) is 17.0. The smallest absolute Gasteiger partial charge is 0.229 e. The molecule has 0 radical (unpaired) electrons. The van der Waals surface area contributed by atoms with E-state index in [1.165, 1.54) is 28.0 Å². The third-order valence-electron chi connectivity index (χ3n) is 6.09. The third-order valence-corrected chi connectivity index (χ3v) is 6.84. The molecule has 142 valence electrons. The first-order valence-electron chi connectivity index (χ1n) is 9.80. The van der Waals surface area contributed by atoms with Gasteiger partial charge in [0.1, 0.15) is 5.78 Å². The van der Waals surface area contributed by atoms with E-state index in [0.717, 1.165) is 30.5 Å². The number of aromatic nitrogens is 1. The summed E-state index contributed by atoms with van der Waals surface area (Å²) in [4.78, 5) is 29.7. The SMILES string of the molecule is Cc1cc(C)c(-c2csc(NC(=O)C3C[C@@H]4CCC[C@@H](C3)C4=O)n2)c(C)c1. The van der Waals surface area contributed by atoms with E-state index in [-0.39, 0.29) is 23.7 Å². The van der Waals surface area contributed by atoms with Gasteiger partial charge in [-0.25, -0.2) is 4.98 Å². The molecule has 2 aliphatic rings. The van der Waals surface area contributed by atoms with E-state index in [0.29, 0.717) is 23.8 Å². The molecule has 0 aliphatic heterocycles. The number of carbonyl (C=O) groups excluding carboxylic acids is 2. The van der Waals surface area contributed by atoms with Crippen LogP contribution in [-0.2, 0) is 9.59 Å². The molecule has 27 heavy (non-hydrogen) atoms. The molecule has 0 saturated heterocycles. The molecule has 2 bridgehead atoms. The van der Waals surface area contributed by atoms with Gasteiger partial charge in [-0.05, 0) is 57.6 Å². The van der Waals surface area contributed by atoms with Crippen LogP contribution in [-0.4, -0.2) is 16.7 Å². The Morgan fingerprint density at radius 3 is 2.37 bits per heavy atom. The molecular weight excluding hydrogens is 356 g/mol. The minimum Gasteiger partial charge on any atom is -0.302 e. The second-order valence-corrected chi connectivity index (χ2v) is 9.05. The van der Waals surface area contributed by atoms with E-state index in [1.54, 1.807) is 0 Å². The molecule has 2 aliphatic carbocycles. The first-order valence-corrected chi connectivity index (χ1v) is 10.7. The van der Waals surface area contributed by atoms with Gasteiger partial charge in [-0.2, -0.15) is 0 Å². The number of carbonyl (C=O) groups is 2. The van der Waals surface area contributed by atoms with Crippen LogP contribution < -0.4 is 5.32 Å². The molecule has 4 nitrogen and oxygen atoms in total. The van der Waals surface area contributed by atoms with Gasteiger partial charge in [0, 0.05) is 28.7 Å². The third kappa shape index (κ3) is 3.57. The Labute approximate surface area is 164 Å². The van der Waals surface area contributed by atoms with Crippen molar-refractivity contribution in [1.29, 1.82) is 0 Å². The Morgan fingerprint density at radius 1 is 1.11 bits per heavy atom. The fourth-order valence-electron chi connectivity index (χ4n) is 4.93. The Bertz CT molecular complexity index is 862. The van der Waals surface area contributed by atoms with Crippen LogP contribution in [0.25, 0.3) is 11.3 Å². The van der Waals surface area contributed by atoms with E-state index in [9.17, 15) is 9.59 Å². The maximum absolute atomic E-state index is 12.8. The van der Waals surface area contributed by atoms with Crippen LogP contribution in [0.5, 0.6) is 0 Å². The number of rotatable bonds is 3. The van der Waals surface area contributed by atoms with E-state index >= 15 is 0 Å². The molecule has 1 aromatic heterocycles. The number of hydrogen-bond donors (Lipinski definition) is 1. The van der Waals surface area contributed by atoms with Crippen LogP contribution in [0.4, 0.5) is 5.13 Å². The number of Topliss-reactive ketones (excluding diaryl/α,β-unsaturated/α-hetero) is 1. The van der Waals surface area contributed by atoms with Crippen LogP contribution >= 0.6 is 11.3 Å². The normalized spacial score (nSPS) is 24.7. The number of benzene rings is 1. The molecule has 5 heteroatoms.